The van der Waals surface area contributed by atoms with Gasteiger partial charge >= 0.3 is 0 Å². The summed E-state index contributed by atoms with van der Waals surface area (Å²) in [5.74, 6) is 4.46. The van der Waals surface area contributed by atoms with Gasteiger partial charge in [0, 0.05) is 11.1 Å². The molecular weight excluding hydrogens is 532 g/mol. The van der Waals surface area contributed by atoms with Crippen molar-refractivity contribution in [2.45, 2.75) is 26.7 Å². The van der Waals surface area contributed by atoms with E-state index < -0.39 is 0 Å². The first-order valence-corrected chi connectivity index (χ1v) is 11.7. The Kier molecular flexibility index (Phi) is 6.23. The highest BCUT2D eigenvalue weighted by Gasteiger charge is 2.38. The van der Waals surface area contributed by atoms with Crippen LogP contribution in [0.15, 0.2) is 8.95 Å². The number of rotatable bonds is 4. The number of hydrogen-bond donors (Lipinski definition) is 0. The van der Waals surface area contributed by atoms with Crippen LogP contribution >= 0.6 is 31.9 Å². The fourth-order valence-corrected chi connectivity index (χ4v) is 5.88. The molecule has 0 spiro atoms. The van der Waals surface area contributed by atoms with Gasteiger partial charge in [0.05, 0.1) is 37.4 Å². The summed E-state index contributed by atoms with van der Waals surface area (Å²) in [5.41, 5.74) is 4.01. The summed E-state index contributed by atoms with van der Waals surface area (Å²) in [6.07, 6.45) is 1.68. The predicted octanol–water partition coefficient (Wildman–Crippen LogP) is 6.01. The minimum Gasteiger partial charge on any atom is -0.492 e. The van der Waals surface area contributed by atoms with E-state index in [4.69, 9.17) is 28.4 Å². The Morgan fingerprint density at radius 1 is 0.645 bits per heavy atom. The lowest BCUT2D eigenvalue weighted by molar-refractivity contribution is 0.170. The van der Waals surface area contributed by atoms with Gasteiger partial charge in [-0.05, 0) is 67.7 Å². The van der Waals surface area contributed by atoms with E-state index in [1.165, 1.54) is 0 Å². The Bertz CT molecular complexity index is 1040. The topological polar surface area (TPSA) is 55.4 Å². The molecule has 1 aliphatic heterocycles. The standard InChI is InChI=1S/C23H26Br2O6/c1-10-7-12-14(18(26-3)22(29-6)20(28-5)16(12)24)15-13(8-11(10)2)17(25)21-23(19(15)27-4)31-9-30-21/h10-11H,7-9H2,1-6H3. The van der Waals surface area contributed by atoms with Crippen LogP contribution in [0.2, 0.25) is 0 Å². The molecule has 1 aliphatic carbocycles. The maximum absolute atomic E-state index is 5.94. The van der Waals surface area contributed by atoms with Crippen LogP contribution < -0.4 is 28.4 Å². The van der Waals surface area contributed by atoms with Crippen molar-refractivity contribution in [1.29, 1.82) is 0 Å². The molecule has 2 unspecified atom stereocenters. The van der Waals surface area contributed by atoms with Crippen LogP contribution in [-0.2, 0) is 12.8 Å². The van der Waals surface area contributed by atoms with Gasteiger partial charge in [0.25, 0.3) is 0 Å². The summed E-state index contributed by atoms with van der Waals surface area (Å²) in [6.45, 7) is 4.70. The molecule has 4 rings (SSSR count). The fourth-order valence-electron chi connectivity index (χ4n) is 4.52. The van der Waals surface area contributed by atoms with E-state index in [1.807, 2.05) is 0 Å². The average molecular weight is 558 g/mol. The minimum atomic E-state index is 0.152. The van der Waals surface area contributed by atoms with Crippen LogP contribution in [0.3, 0.4) is 0 Å². The number of fused-ring (bicyclic) bond motifs is 4. The van der Waals surface area contributed by atoms with E-state index in [9.17, 15) is 0 Å². The highest BCUT2D eigenvalue weighted by Crippen LogP contribution is 2.60. The first-order chi connectivity index (χ1) is 14.9. The van der Waals surface area contributed by atoms with Crippen molar-refractivity contribution in [3.63, 3.8) is 0 Å². The van der Waals surface area contributed by atoms with Crippen molar-refractivity contribution in [2.75, 3.05) is 35.2 Å². The lowest BCUT2D eigenvalue weighted by Crippen LogP contribution is -2.19. The van der Waals surface area contributed by atoms with Gasteiger partial charge in [0.2, 0.25) is 18.3 Å². The molecule has 2 aliphatic rings. The monoisotopic (exact) mass is 556 g/mol. The third kappa shape index (κ3) is 3.33. The summed E-state index contributed by atoms with van der Waals surface area (Å²) in [6, 6.07) is 0. The van der Waals surface area contributed by atoms with Gasteiger partial charge in [-0.2, -0.15) is 0 Å². The van der Waals surface area contributed by atoms with Crippen LogP contribution in [0, 0.1) is 11.8 Å². The molecule has 1 heterocycles. The van der Waals surface area contributed by atoms with Crippen LogP contribution in [0.4, 0.5) is 0 Å². The first-order valence-electron chi connectivity index (χ1n) is 10.1. The second-order valence-corrected chi connectivity index (χ2v) is 9.48. The van der Waals surface area contributed by atoms with Crippen LogP contribution in [0.5, 0.6) is 34.5 Å². The molecule has 2 aromatic carbocycles. The van der Waals surface area contributed by atoms with Gasteiger partial charge < -0.3 is 28.4 Å². The SMILES string of the molecule is COc1c(Br)c2c(c(OC)c1OC)-c1c(c(Br)c3c(c1OC)OCO3)CC(C)C(C)C2. The lowest BCUT2D eigenvalue weighted by Gasteiger charge is -2.31. The second-order valence-electron chi connectivity index (χ2n) is 7.90. The lowest BCUT2D eigenvalue weighted by atomic mass is 9.77. The Labute approximate surface area is 199 Å². The Balaban J connectivity index is 2.22. The Morgan fingerprint density at radius 2 is 1.13 bits per heavy atom. The zero-order valence-electron chi connectivity index (χ0n) is 18.5. The predicted molar refractivity (Wildman–Crippen MR) is 125 cm³/mol. The molecule has 0 amide bonds. The first kappa shape index (κ1) is 22.4. The molecule has 0 N–H and O–H groups in total. The average Bonchev–Trinajstić information content (AvgIpc) is 3.25. The van der Waals surface area contributed by atoms with Gasteiger partial charge in [-0.25, -0.2) is 0 Å². The van der Waals surface area contributed by atoms with E-state index in [2.05, 4.69) is 45.7 Å². The summed E-state index contributed by atoms with van der Waals surface area (Å²) < 4.78 is 36.7. The summed E-state index contributed by atoms with van der Waals surface area (Å²) in [5, 5.41) is 0. The molecule has 31 heavy (non-hydrogen) atoms. The summed E-state index contributed by atoms with van der Waals surface area (Å²) in [4.78, 5) is 0. The van der Waals surface area contributed by atoms with E-state index in [-0.39, 0.29) is 6.79 Å². The maximum atomic E-state index is 5.94. The molecule has 2 atom stereocenters. The number of hydrogen-bond acceptors (Lipinski definition) is 6. The molecule has 6 nitrogen and oxygen atoms in total. The quantitative estimate of drug-likeness (QED) is 0.458. The van der Waals surface area contributed by atoms with Gasteiger partial charge in [-0.15, -0.1) is 0 Å². The van der Waals surface area contributed by atoms with Crippen LogP contribution in [0.1, 0.15) is 25.0 Å². The molecule has 2 aromatic rings. The number of methoxy groups -OCH3 is 4. The van der Waals surface area contributed by atoms with Crippen molar-refractivity contribution in [3.8, 4) is 45.6 Å². The highest BCUT2D eigenvalue weighted by atomic mass is 79.9. The van der Waals surface area contributed by atoms with Crippen molar-refractivity contribution < 1.29 is 28.4 Å². The molecule has 0 radical (unpaired) electrons. The smallest absolute Gasteiger partial charge is 0.231 e. The van der Waals surface area contributed by atoms with Gasteiger partial charge in [0.15, 0.2) is 23.0 Å². The molecule has 0 aromatic heterocycles. The number of ether oxygens (including phenoxy) is 6. The van der Waals surface area contributed by atoms with Crippen molar-refractivity contribution in [1.82, 2.24) is 0 Å². The van der Waals surface area contributed by atoms with E-state index >= 15 is 0 Å². The third-order valence-corrected chi connectivity index (χ3v) is 7.99. The fraction of sp³-hybridized carbons (Fsp3) is 0.478. The van der Waals surface area contributed by atoms with Crippen LogP contribution in [0.25, 0.3) is 11.1 Å². The summed E-state index contributed by atoms with van der Waals surface area (Å²) in [7, 11) is 6.54. The molecule has 168 valence electrons. The molecule has 0 saturated carbocycles. The van der Waals surface area contributed by atoms with Gasteiger partial charge in [-0.1, -0.05) is 13.8 Å². The zero-order valence-corrected chi connectivity index (χ0v) is 21.7. The number of halogens is 2. The Hall–Kier alpha value is -1.80. The number of benzene rings is 2. The molecule has 0 bridgehead atoms. The molecule has 8 heteroatoms. The minimum absolute atomic E-state index is 0.152. The van der Waals surface area contributed by atoms with Crippen LogP contribution in [-0.4, -0.2) is 35.2 Å². The highest BCUT2D eigenvalue weighted by molar-refractivity contribution is 9.11. The van der Waals surface area contributed by atoms with Gasteiger partial charge in [0.1, 0.15) is 0 Å². The van der Waals surface area contributed by atoms with Crippen molar-refractivity contribution in [2.24, 2.45) is 11.8 Å². The van der Waals surface area contributed by atoms with E-state index in [0.29, 0.717) is 46.3 Å². The molecule has 0 fully saturated rings. The molecule has 0 saturated heterocycles. The van der Waals surface area contributed by atoms with Crippen molar-refractivity contribution >= 4 is 31.9 Å². The largest absolute Gasteiger partial charge is 0.492 e. The molecular formula is C23H26Br2O6. The third-order valence-electron chi connectivity index (χ3n) is 6.31. The van der Waals surface area contributed by atoms with Crippen molar-refractivity contribution in [3.05, 3.63) is 20.1 Å². The maximum Gasteiger partial charge on any atom is 0.231 e. The Morgan fingerprint density at radius 3 is 1.68 bits per heavy atom. The zero-order chi connectivity index (χ0) is 22.4. The van der Waals surface area contributed by atoms with E-state index in [0.717, 1.165) is 44.0 Å². The second kappa shape index (κ2) is 8.62. The van der Waals surface area contributed by atoms with E-state index in [1.54, 1.807) is 28.4 Å². The summed E-state index contributed by atoms with van der Waals surface area (Å²) >= 11 is 7.60. The van der Waals surface area contributed by atoms with Gasteiger partial charge in [-0.3, -0.25) is 0 Å². The normalized spacial score (nSPS) is 19.1.